The Hall–Kier alpha value is -1.14. The second kappa shape index (κ2) is 5.88. The van der Waals surface area contributed by atoms with Gasteiger partial charge >= 0.3 is 0 Å². The summed E-state index contributed by atoms with van der Waals surface area (Å²) in [6, 6.07) is -0.568. The summed E-state index contributed by atoms with van der Waals surface area (Å²) in [6.07, 6.45) is -0.910. The molecule has 19 heavy (non-hydrogen) atoms. The molecule has 6 heteroatoms. The van der Waals surface area contributed by atoms with Crippen LogP contribution in [-0.2, 0) is 9.59 Å². The van der Waals surface area contributed by atoms with Crippen molar-refractivity contribution < 1.29 is 14.7 Å². The third-order valence-electron chi connectivity index (χ3n) is 3.32. The monoisotopic (exact) mass is 271 g/mol. The summed E-state index contributed by atoms with van der Waals surface area (Å²) in [5.74, 6) is -0.462. The molecule has 1 aliphatic heterocycles. The molecular formula is C13H25N3O3. The number of likely N-dealkylation sites (tertiary alicyclic amines) is 1. The molecule has 0 radical (unpaired) electrons. The van der Waals surface area contributed by atoms with Crippen molar-refractivity contribution in [3.05, 3.63) is 0 Å². The number of hydrogen-bond donors (Lipinski definition) is 3. The molecule has 0 aliphatic carbocycles. The van der Waals surface area contributed by atoms with Gasteiger partial charge in [-0.2, -0.15) is 0 Å². The number of nitrogens with one attached hydrogen (secondary N) is 2. The van der Waals surface area contributed by atoms with E-state index in [1.165, 1.54) is 6.92 Å². The van der Waals surface area contributed by atoms with E-state index in [4.69, 9.17) is 0 Å². The average molecular weight is 271 g/mol. The molecule has 1 aliphatic rings. The Balaban J connectivity index is 2.63. The number of nitrogens with zero attached hydrogens (tertiary/aromatic N) is 1. The van der Waals surface area contributed by atoms with Crippen molar-refractivity contribution in [3.63, 3.8) is 0 Å². The summed E-state index contributed by atoms with van der Waals surface area (Å²) in [7, 11) is 1.85. The number of hydrogen-bond acceptors (Lipinski definition) is 4. The Bertz CT molecular complexity index is 344. The second-order valence-corrected chi connectivity index (χ2v) is 6.17. The SMILES string of the molecule is CNC1CN(C(=O)C(NC(=O)C(C)(C)C)C(C)O)C1. The van der Waals surface area contributed by atoms with Gasteiger partial charge in [0.25, 0.3) is 0 Å². The minimum absolute atomic E-state index is 0.223. The molecule has 2 unspecified atom stereocenters. The third kappa shape index (κ3) is 3.91. The molecule has 110 valence electrons. The highest BCUT2D eigenvalue weighted by Gasteiger charge is 2.37. The van der Waals surface area contributed by atoms with Gasteiger partial charge in [0, 0.05) is 24.5 Å². The van der Waals surface area contributed by atoms with Crippen LogP contribution in [0.2, 0.25) is 0 Å². The van der Waals surface area contributed by atoms with Gasteiger partial charge < -0.3 is 20.6 Å². The third-order valence-corrected chi connectivity index (χ3v) is 3.32. The molecule has 0 bridgehead atoms. The minimum atomic E-state index is -0.910. The number of amides is 2. The van der Waals surface area contributed by atoms with Crippen LogP contribution in [0.5, 0.6) is 0 Å². The van der Waals surface area contributed by atoms with Gasteiger partial charge in [-0.3, -0.25) is 9.59 Å². The summed E-state index contributed by atoms with van der Waals surface area (Å²) in [6.45, 7) is 8.06. The first-order valence-electron chi connectivity index (χ1n) is 6.62. The fourth-order valence-electron chi connectivity index (χ4n) is 1.78. The van der Waals surface area contributed by atoms with Crippen molar-refractivity contribution in [2.24, 2.45) is 5.41 Å². The zero-order chi connectivity index (χ0) is 14.8. The molecule has 0 aromatic carbocycles. The average Bonchev–Trinajstić information content (AvgIpc) is 2.21. The molecule has 1 fully saturated rings. The maximum Gasteiger partial charge on any atom is 0.247 e. The largest absolute Gasteiger partial charge is 0.391 e. The molecule has 6 nitrogen and oxygen atoms in total. The van der Waals surface area contributed by atoms with E-state index in [-0.39, 0.29) is 11.8 Å². The fourth-order valence-corrected chi connectivity index (χ4v) is 1.78. The highest BCUT2D eigenvalue weighted by Crippen LogP contribution is 2.15. The molecule has 0 saturated carbocycles. The molecule has 1 saturated heterocycles. The normalized spacial score (nSPS) is 19.6. The molecule has 0 spiro atoms. The quantitative estimate of drug-likeness (QED) is 0.633. The highest BCUT2D eigenvalue weighted by molar-refractivity contribution is 5.90. The lowest BCUT2D eigenvalue weighted by Gasteiger charge is -2.41. The summed E-state index contributed by atoms with van der Waals surface area (Å²) >= 11 is 0. The van der Waals surface area contributed by atoms with Gasteiger partial charge in [-0.05, 0) is 14.0 Å². The van der Waals surface area contributed by atoms with Gasteiger partial charge in [0.2, 0.25) is 11.8 Å². The van der Waals surface area contributed by atoms with Crippen molar-refractivity contribution in [2.45, 2.75) is 45.9 Å². The number of rotatable bonds is 4. The Morgan fingerprint density at radius 1 is 1.32 bits per heavy atom. The topological polar surface area (TPSA) is 81.7 Å². The molecule has 2 amide bonds. The van der Waals surface area contributed by atoms with Crippen molar-refractivity contribution in [2.75, 3.05) is 20.1 Å². The molecule has 2 atom stereocenters. The minimum Gasteiger partial charge on any atom is -0.391 e. The summed E-state index contributed by atoms with van der Waals surface area (Å²) < 4.78 is 0. The number of carbonyl (C=O) groups excluding carboxylic acids is 2. The number of aliphatic hydroxyl groups excluding tert-OH is 1. The number of carbonyl (C=O) groups is 2. The first kappa shape index (κ1) is 15.9. The first-order valence-corrected chi connectivity index (χ1v) is 6.62. The Morgan fingerprint density at radius 2 is 1.84 bits per heavy atom. The van der Waals surface area contributed by atoms with E-state index >= 15 is 0 Å². The van der Waals surface area contributed by atoms with Gasteiger partial charge in [-0.25, -0.2) is 0 Å². The number of likely N-dealkylation sites (N-methyl/N-ethyl adjacent to an activating group) is 1. The predicted molar refractivity (Wildman–Crippen MR) is 72.5 cm³/mol. The van der Waals surface area contributed by atoms with Gasteiger partial charge in [0.05, 0.1) is 6.10 Å². The van der Waals surface area contributed by atoms with E-state index in [1.54, 1.807) is 25.7 Å². The van der Waals surface area contributed by atoms with Crippen molar-refractivity contribution in [3.8, 4) is 0 Å². The molecule has 1 heterocycles. The lowest BCUT2D eigenvalue weighted by molar-refractivity contribution is -0.145. The van der Waals surface area contributed by atoms with Gasteiger partial charge in [-0.15, -0.1) is 0 Å². The van der Waals surface area contributed by atoms with Crippen molar-refractivity contribution >= 4 is 11.8 Å². The maximum absolute atomic E-state index is 12.2. The summed E-state index contributed by atoms with van der Waals surface area (Å²) in [5.41, 5.74) is -0.587. The lowest BCUT2D eigenvalue weighted by atomic mass is 9.94. The molecule has 3 N–H and O–H groups in total. The standard InChI is InChI=1S/C13H25N3O3/c1-8(17)10(15-12(19)13(2,3)4)11(18)16-6-9(7-16)14-5/h8-10,14,17H,6-7H2,1-5H3,(H,15,19). The van der Waals surface area contributed by atoms with E-state index in [9.17, 15) is 14.7 Å². The van der Waals surface area contributed by atoms with E-state index in [1.807, 2.05) is 7.05 Å². The summed E-state index contributed by atoms with van der Waals surface area (Å²) in [5, 5.41) is 15.4. The van der Waals surface area contributed by atoms with E-state index in [0.717, 1.165) is 0 Å². The van der Waals surface area contributed by atoms with Gasteiger partial charge in [-0.1, -0.05) is 20.8 Å². The van der Waals surface area contributed by atoms with Crippen LogP contribution in [-0.4, -0.2) is 60.1 Å². The van der Waals surface area contributed by atoms with E-state index < -0.39 is 17.6 Å². The number of aliphatic hydroxyl groups is 1. The van der Waals surface area contributed by atoms with Crippen molar-refractivity contribution in [1.29, 1.82) is 0 Å². The second-order valence-electron chi connectivity index (χ2n) is 6.17. The lowest BCUT2D eigenvalue weighted by Crippen LogP contribution is -2.65. The molecular weight excluding hydrogens is 246 g/mol. The van der Waals surface area contributed by atoms with Crippen LogP contribution >= 0.6 is 0 Å². The molecule has 0 aromatic heterocycles. The Labute approximate surface area is 114 Å². The van der Waals surface area contributed by atoms with Gasteiger partial charge in [0.1, 0.15) is 6.04 Å². The van der Waals surface area contributed by atoms with Crippen LogP contribution in [0.25, 0.3) is 0 Å². The van der Waals surface area contributed by atoms with Crippen molar-refractivity contribution in [1.82, 2.24) is 15.5 Å². The van der Waals surface area contributed by atoms with Crippen LogP contribution in [0.3, 0.4) is 0 Å². The predicted octanol–water partition coefficient (Wildman–Crippen LogP) is -0.672. The van der Waals surface area contributed by atoms with E-state index in [0.29, 0.717) is 19.1 Å². The molecule has 1 rings (SSSR count). The van der Waals surface area contributed by atoms with Crippen LogP contribution < -0.4 is 10.6 Å². The Morgan fingerprint density at radius 3 is 2.21 bits per heavy atom. The van der Waals surface area contributed by atoms with Crippen LogP contribution in [0.15, 0.2) is 0 Å². The Kier molecular flexibility index (Phi) is 4.92. The summed E-state index contributed by atoms with van der Waals surface area (Å²) in [4.78, 5) is 25.8. The van der Waals surface area contributed by atoms with Crippen LogP contribution in [0, 0.1) is 5.41 Å². The highest BCUT2D eigenvalue weighted by atomic mass is 16.3. The van der Waals surface area contributed by atoms with Gasteiger partial charge in [0.15, 0.2) is 0 Å². The smallest absolute Gasteiger partial charge is 0.247 e. The fraction of sp³-hybridized carbons (Fsp3) is 0.846. The van der Waals surface area contributed by atoms with Crippen LogP contribution in [0.4, 0.5) is 0 Å². The zero-order valence-corrected chi connectivity index (χ0v) is 12.4. The first-order chi connectivity index (χ1) is 8.66. The molecule has 0 aromatic rings. The van der Waals surface area contributed by atoms with Crippen LogP contribution in [0.1, 0.15) is 27.7 Å². The van der Waals surface area contributed by atoms with E-state index in [2.05, 4.69) is 10.6 Å². The zero-order valence-electron chi connectivity index (χ0n) is 12.4. The maximum atomic E-state index is 12.2.